The Bertz CT molecular complexity index is 497. The number of nitrogens with one attached hydrogen (secondary N) is 1. The number of benzene rings is 2. The van der Waals surface area contributed by atoms with Crippen molar-refractivity contribution in [2.45, 2.75) is 6.54 Å². The van der Waals surface area contributed by atoms with Gasteiger partial charge in [-0.25, -0.2) is 4.79 Å². The summed E-state index contributed by atoms with van der Waals surface area (Å²) in [5, 5.41) is 3.23. The first-order chi connectivity index (χ1) is 9.36. The largest absolute Gasteiger partial charge is 0.461 e. The third kappa shape index (κ3) is 4.56. The van der Waals surface area contributed by atoms with Crippen molar-refractivity contribution in [1.82, 2.24) is 5.32 Å². The molecule has 19 heavy (non-hydrogen) atoms. The van der Waals surface area contributed by atoms with Crippen LogP contribution in [0.1, 0.15) is 15.9 Å². The fourth-order valence-electron chi connectivity index (χ4n) is 1.70. The van der Waals surface area contributed by atoms with E-state index in [0.29, 0.717) is 18.7 Å². The van der Waals surface area contributed by atoms with Gasteiger partial charge in [-0.1, -0.05) is 48.5 Å². The average Bonchev–Trinajstić information content (AvgIpc) is 2.49. The molecule has 0 aliphatic carbocycles. The van der Waals surface area contributed by atoms with E-state index in [1.54, 1.807) is 12.1 Å². The molecule has 0 saturated heterocycles. The summed E-state index contributed by atoms with van der Waals surface area (Å²) in [6, 6.07) is 19.1. The summed E-state index contributed by atoms with van der Waals surface area (Å²) < 4.78 is 5.16. The monoisotopic (exact) mass is 255 g/mol. The van der Waals surface area contributed by atoms with Crippen LogP contribution in [-0.4, -0.2) is 19.1 Å². The molecule has 3 nitrogen and oxygen atoms in total. The molecular weight excluding hydrogens is 238 g/mol. The van der Waals surface area contributed by atoms with Crippen LogP contribution in [0.3, 0.4) is 0 Å². The van der Waals surface area contributed by atoms with Crippen LogP contribution in [0, 0.1) is 0 Å². The van der Waals surface area contributed by atoms with Crippen molar-refractivity contribution in [2.75, 3.05) is 13.2 Å². The van der Waals surface area contributed by atoms with Crippen LogP contribution >= 0.6 is 0 Å². The van der Waals surface area contributed by atoms with E-state index in [1.165, 1.54) is 5.56 Å². The fraction of sp³-hybridized carbons (Fsp3) is 0.188. The standard InChI is InChI=1S/C16H17NO2/c18-16(15-9-5-2-6-10-15)19-12-11-17-13-14-7-3-1-4-8-14/h1-10,17H,11-13H2. The van der Waals surface area contributed by atoms with Crippen LogP contribution in [0.25, 0.3) is 0 Å². The Hall–Kier alpha value is -2.13. The maximum Gasteiger partial charge on any atom is 0.338 e. The minimum absolute atomic E-state index is 0.276. The summed E-state index contributed by atoms with van der Waals surface area (Å²) >= 11 is 0. The van der Waals surface area contributed by atoms with E-state index in [9.17, 15) is 4.79 Å². The number of ether oxygens (including phenoxy) is 1. The molecule has 0 aromatic heterocycles. The molecule has 0 bridgehead atoms. The van der Waals surface area contributed by atoms with Crippen LogP contribution < -0.4 is 5.32 Å². The average molecular weight is 255 g/mol. The van der Waals surface area contributed by atoms with Crippen LogP contribution in [0.4, 0.5) is 0 Å². The predicted octanol–water partition coefficient (Wildman–Crippen LogP) is 2.63. The van der Waals surface area contributed by atoms with Gasteiger partial charge in [0, 0.05) is 13.1 Å². The summed E-state index contributed by atoms with van der Waals surface area (Å²) in [5.74, 6) is -0.276. The zero-order valence-corrected chi connectivity index (χ0v) is 10.7. The van der Waals surface area contributed by atoms with Crippen molar-refractivity contribution >= 4 is 5.97 Å². The quantitative estimate of drug-likeness (QED) is 0.637. The minimum atomic E-state index is -0.276. The molecule has 2 aromatic rings. The number of hydrogen-bond donors (Lipinski definition) is 1. The van der Waals surface area contributed by atoms with Crippen LogP contribution in [0.2, 0.25) is 0 Å². The zero-order valence-electron chi connectivity index (χ0n) is 10.7. The van der Waals surface area contributed by atoms with Crippen LogP contribution in [0.5, 0.6) is 0 Å². The van der Waals surface area contributed by atoms with Gasteiger partial charge < -0.3 is 10.1 Å². The molecule has 2 aromatic carbocycles. The number of carbonyl (C=O) groups is 1. The third-order valence-electron chi connectivity index (χ3n) is 2.69. The van der Waals surface area contributed by atoms with Crippen molar-refractivity contribution in [3.63, 3.8) is 0 Å². The van der Waals surface area contributed by atoms with Gasteiger partial charge in [-0.15, -0.1) is 0 Å². The van der Waals surface area contributed by atoms with E-state index in [4.69, 9.17) is 4.74 Å². The van der Waals surface area contributed by atoms with Crippen molar-refractivity contribution in [3.8, 4) is 0 Å². The Morgan fingerprint density at radius 3 is 2.26 bits per heavy atom. The minimum Gasteiger partial charge on any atom is -0.461 e. The molecule has 0 aliphatic rings. The molecule has 0 atom stereocenters. The molecule has 0 spiro atoms. The van der Waals surface area contributed by atoms with Crippen LogP contribution in [-0.2, 0) is 11.3 Å². The molecule has 1 N–H and O–H groups in total. The lowest BCUT2D eigenvalue weighted by atomic mass is 10.2. The second-order valence-electron chi connectivity index (χ2n) is 4.16. The summed E-state index contributed by atoms with van der Waals surface area (Å²) in [7, 11) is 0. The van der Waals surface area contributed by atoms with E-state index in [0.717, 1.165) is 6.54 Å². The second kappa shape index (κ2) is 7.34. The first-order valence-electron chi connectivity index (χ1n) is 6.33. The first kappa shape index (κ1) is 13.3. The lowest BCUT2D eigenvalue weighted by Gasteiger charge is -2.06. The molecule has 3 heteroatoms. The molecule has 2 rings (SSSR count). The molecule has 98 valence electrons. The summed E-state index contributed by atoms with van der Waals surface area (Å²) in [5.41, 5.74) is 1.81. The smallest absolute Gasteiger partial charge is 0.338 e. The van der Waals surface area contributed by atoms with Gasteiger partial charge in [-0.3, -0.25) is 0 Å². The predicted molar refractivity (Wildman–Crippen MR) is 74.9 cm³/mol. The Morgan fingerprint density at radius 1 is 0.947 bits per heavy atom. The summed E-state index contributed by atoms with van der Waals surface area (Å²) in [6.07, 6.45) is 0. The van der Waals surface area contributed by atoms with Gasteiger partial charge in [-0.2, -0.15) is 0 Å². The number of rotatable bonds is 6. The van der Waals surface area contributed by atoms with Gasteiger partial charge >= 0.3 is 5.97 Å². The van der Waals surface area contributed by atoms with E-state index in [-0.39, 0.29) is 5.97 Å². The highest BCUT2D eigenvalue weighted by molar-refractivity contribution is 5.89. The third-order valence-corrected chi connectivity index (χ3v) is 2.69. The number of hydrogen-bond acceptors (Lipinski definition) is 3. The molecule has 0 amide bonds. The molecule has 0 saturated carbocycles. The van der Waals surface area contributed by atoms with Gasteiger partial charge in [0.05, 0.1) is 5.56 Å². The molecular formula is C16H17NO2. The Balaban J connectivity index is 1.63. The van der Waals surface area contributed by atoms with Gasteiger partial charge in [0.2, 0.25) is 0 Å². The van der Waals surface area contributed by atoms with Crippen molar-refractivity contribution < 1.29 is 9.53 Å². The van der Waals surface area contributed by atoms with Crippen molar-refractivity contribution in [1.29, 1.82) is 0 Å². The summed E-state index contributed by atoms with van der Waals surface area (Å²) in [4.78, 5) is 11.6. The topological polar surface area (TPSA) is 38.3 Å². The summed E-state index contributed by atoms with van der Waals surface area (Å²) in [6.45, 7) is 1.80. The lowest BCUT2D eigenvalue weighted by Crippen LogP contribution is -2.21. The highest BCUT2D eigenvalue weighted by Crippen LogP contribution is 2.00. The highest BCUT2D eigenvalue weighted by atomic mass is 16.5. The van der Waals surface area contributed by atoms with E-state index in [1.807, 2.05) is 36.4 Å². The number of esters is 1. The van der Waals surface area contributed by atoms with Gasteiger partial charge in [0.25, 0.3) is 0 Å². The van der Waals surface area contributed by atoms with E-state index >= 15 is 0 Å². The Morgan fingerprint density at radius 2 is 1.58 bits per heavy atom. The lowest BCUT2D eigenvalue weighted by molar-refractivity contribution is 0.0508. The zero-order chi connectivity index (χ0) is 13.3. The van der Waals surface area contributed by atoms with Gasteiger partial charge in [-0.05, 0) is 17.7 Å². The first-order valence-corrected chi connectivity index (χ1v) is 6.33. The molecule has 0 unspecified atom stereocenters. The maximum absolute atomic E-state index is 11.6. The molecule has 0 fully saturated rings. The molecule has 0 radical (unpaired) electrons. The fourth-order valence-corrected chi connectivity index (χ4v) is 1.70. The van der Waals surface area contributed by atoms with Gasteiger partial charge in [0.1, 0.15) is 6.61 Å². The number of carbonyl (C=O) groups excluding carboxylic acids is 1. The maximum atomic E-state index is 11.6. The Labute approximate surface area is 113 Å². The SMILES string of the molecule is O=C(OCCNCc1ccccc1)c1ccccc1. The van der Waals surface area contributed by atoms with E-state index in [2.05, 4.69) is 17.4 Å². The molecule has 0 aliphatic heterocycles. The molecule has 0 heterocycles. The van der Waals surface area contributed by atoms with Crippen molar-refractivity contribution in [3.05, 3.63) is 71.8 Å². The van der Waals surface area contributed by atoms with E-state index < -0.39 is 0 Å². The van der Waals surface area contributed by atoms with Crippen LogP contribution in [0.15, 0.2) is 60.7 Å². The highest BCUT2D eigenvalue weighted by Gasteiger charge is 2.04. The van der Waals surface area contributed by atoms with Gasteiger partial charge in [0.15, 0.2) is 0 Å². The normalized spacial score (nSPS) is 10.1. The Kier molecular flexibility index (Phi) is 5.14. The second-order valence-corrected chi connectivity index (χ2v) is 4.16. The van der Waals surface area contributed by atoms with Crippen molar-refractivity contribution in [2.24, 2.45) is 0 Å².